The summed E-state index contributed by atoms with van der Waals surface area (Å²) in [7, 11) is 1.50. The van der Waals surface area contributed by atoms with E-state index in [1.54, 1.807) is 13.0 Å². The second-order valence-electron chi connectivity index (χ2n) is 2.66. The summed E-state index contributed by atoms with van der Waals surface area (Å²) in [4.78, 5) is 0. The Kier molecular flexibility index (Phi) is 2.63. The Hall–Kier alpha value is -1.12. The number of hydrogen-bond acceptors (Lipinski definition) is 1. The third kappa shape index (κ3) is 1.55. The van der Waals surface area contributed by atoms with Gasteiger partial charge < -0.3 is 5.32 Å². The minimum absolute atomic E-state index is 0.0486. The lowest BCUT2D eigenvalue weighted by molar-refractivity contribution is 0.515. The Labute approximate surface area is 70.5 Å². The second kappa shape index (κ2) is 3.52. The van der Waals surface area contributed by atoms with Gasteiger partial charge in [-0.2, -0.15) is 0 Å². The summed E-state index contributed by atoms with van der Waals surface area (Å²) in [5.41, 5.74) is -0.0486. The first-order chi connectivity index (χ1) is 5.66. The molecule has 1 atom stereocenters. The van der Waals surface area contributed by atoms with Crippen molar-refractivity contribution in [1.82, 2.24) is 5.32 Å². The van der Waals surface area contributed by atoms with E-state index >= 15 is 0 Å². The molecular formula is C9H11F2N. The fourth-order valence-corrected chi connectivity index (χ4v) is 1.06. The topological polar surface area (TPSA) is 12.0 Å². The predicted molar refractivity (Wildman–Crippen MR) is 44.7 cm³/mol. The van der Waals surface area contributed by atoms with Gasteiger partial charge >= 0.3 is 0 Å². The normalized spacial score (nSPS) is 23.7. The van der Waals surface area contributed by atoms with Gasteiger partial charge in [0.25, 0.3) is 0 Å². The van der Waals surface area contributed by atoms with Crippen LogP contribution in [-0.2, 0) is 0 Å². The zero-order valence-electron chi connectivity index (χ0n) is 7.07. The Morgan fingerprint density at radius 2 is 2.08 bits per heavy atom. The molecule has 0 fully saturated rings. The maximum absolute atomic E-state index is 13.2. The molecule has 0 aromatic rings. The summed E-state index contributed by atoms with van der Waals surface area (Å²) in [6.45, 7) is 1.68. The molecule has 0 radical (unpaired) electrons. The molecular weight excluding hydrogens is 160 g/mol. The second-order valence-corrected chi connectivity index (χ2v) is 2.66. The summed E-state index contributed by atoms with van der Waals surface area (Å²) in [5.74, 6) is -1.38. The van der Waals surface area contributed by atoms with Gasteiger partial charge in [-0.3, -0.25) is 0 Å². The van der Waals surface area contributed by atoms with Crippen molar-refractivity contribution < 1.29 is 8.78 Å². The molecule has 0 spiro atoms. The van der Waals surface area contributed by atoms with Crippen LogP contribution in [0, 0.1) is 5.92 Å². The molecule has 0 unspecified atom stereocenters. The van der Waals surface area contributed by atoms with Crippen LogP contribution in [0.4, 0.5) is 8.78 Å². The van der Waals surface area contributed by atoms with E-state index in [1.165, 1.54) is 19.2 Å². The van der Waals surface area contributed by atoms with Crippen molar-refractivity contribution in [2.75, 3.05) is 7.05 Å². The molecule has 3 heteroatoms. The molecule has 0 aromatic carbocycles. The van der Waals surface area contributed by atoms with Crippen LogP contribution >= 0.6 is 0 Å². The average molecular weight is 171 g/mol. The molecule has 0 bridgehead atoms. The molecule has 12 heavy (non-hydrogen) atoms. The van der Waals surface area contributed by atoms with Crippen LogP contribution in [-0.4, -0.2) is 7.05 Å². The summed E-state index contributed by atoms with van der Waals surface area (Å²) in [6.07, 6.45) is 4.37. The highest BCUT2D eigenvalue weighted by molar-refractivity contribution is 5.34. The number of halogens is 2. The Balaban J connectivity index is 3.09. The van der Waals surface area contributed by atoms with Crippen molar-refractivity contribution in [3.8, 4) is 0 Å². The predicted octanol–water partition coefficient (Wildman–Crippen LogP) is 2.45. The fourth-order valence-electron chi connectivity index (χ4n) is 1.06. The van der Waals surface area contributed by atoms with E-state index in [2.05, 4.69) is 5.32 Å². The van der Waals surface area contributed by atoms with Gasteiger partial charge in [0.15, 0.2) is 0 Å². The van der Waals surface area contributed by atoms with E-state index in [0.29, 0.717) is 0 Å². The molecule has 1 aliphatic carbocycles. The van der Waals surface area contributed by atoms with Gasteiger partial charge in [0.2, 0.25) is 0 Å². The summed E-state index contributed by atoms with van der Waals surface area (Å²) >= 11 is 0. The van der Waals surface area contributed by atoms with Crippen LogP contribution in [0.1, 0.15) is 6.92 Å². The van der Waals surface area contributed by atoms with E-state index in [0.717, 1.165) is 0 Å². The smallest absolute Gasteiger partial charge is 0.148 e. The van der Waals surface area contributed by atoms with Crippen molar-refractivity contribution in [1.29, 1.82) is 0 Å². The lowest BCUT2D eigenvalue weighted by Crippen LogP contribution is -2.10. The highest BCUT2D eigenvalue weighted by Gasteiger charge is 2.16. The lowest BCUT2D eigenvalue weighted by Gasteiger charge is -2.07. The quantitative estimate of drug-likeness (QED) is 0.639. The van der Waals surface area contributed by atoms with E-state index in [4.69, 9.17) is 0 Å². The summed E-state index contributed by atoms with van der Waals surface area (Å²) in [5, 5.41) is 2.50. The van der Waals surface area contributed by atoms with Gasteiger partial charge in [-0.05, 0) is 6.08 Å². The van der Waals surface area contributed by atoms with Crippen molar-refractivity contribution >= 4 is 0 Å². The Morgan fingerprint density at radius 3 is 2.67 bits per heavy atom. The first kappa shape index (κ1) is 8.97. The molecule has 1 rings (SSSR count). The van der Waals surface area contributed by atoms with Gasteiger partial charge in [0.1, 0.15) is 17.4 Å². The van der Waals surface area contributed by atoms with Gasteiger partial charge in [-0.25, -0.2) is 8.78 Å². The van der Waals surface area contributed by atoms with Gasteiger partial charge in [0.05, 0.1) is 0 Å². The minimum atomic E-state index is -0.560. The summed E-state index contributed by atoms with van der Waals surface area (Å²) in [6, 6.07) is 0. The van der Waals surface area contributed by atoms with Crippen molar-refractivity contribution in [3.63, 3.8) is 0 Å². The van der Waals surface area contributed by atoms with E-state index in [9.17, 15) is 8.78 Å². The third-order valence-corrected chi connectivity index (χ3v) is 1.77. The molecule has 0 saturated carbocycles. The first-order valence-electron chi connectivity index (χ1n) is 3.78. The minimum Gasteiger partial charge on any atom is -0.384 e. The molecule has 0 aliphatic heterocycles. The monoisotopic (exact) mass is 171 g/mol. The SMILES string of the molecule is CNC1=C(F)[C@H](C)C=CC=C1F. The number of likely N-dealkylation sites (N-methyl/N-ethyl adjacent to an activating group) is 1. The molecule has 1 aliphatic rings. The average Bonchev–Trinajstić information content (AvgIpc) is 2.14. The van der Waals surface area contributed by atoms with Gasteiger partial charge in [-0.1, -0.05) is 19.1 Å². The number of rotatable bonds is 1. The molecule has 0 amide bonds. The molecule has 1 nitrogen and oxygen atoms in total. The molecule has 0 saturated heterocycles. The highest BCUT2D eigenvalue weighted by Crippen LogP contribution is 2.24. The zero-order chi connectivity index (χ0) is 9.14. The maximum atomic E-state index is 13.2. The van der Waals surface area contributed by atoms with E-state index < -0.39 is 11.7 Å². The molecule has 1 N–H and O–H groups in total. The third-order valence-electron chi connectivity index (χ3n) is 1.77. The molecule has 66 valence electrons. The highest BCUT2D eigenvalue weighted by atomic mass is 19.1. The Bertz CT molecular complexity index is 264. The van der Waals surface area contributed by atoms with Crippen molar-refractivity contribution in [2.45, 2.75) is 6.92 Å². The standard InChI is InChI=1S/C9H11F2N/c1-6-4-3-5-7(10)9(12-2)8(6)11/h3-6,12H,1-2H3/t6-/m1/s1. The summed E-state index contributed by atoms with van der Waals surface area (Å²) < 4.78 is 26.2. The van der Waals surface area contributed by atoms with Crippen molar-refractivity contribution in [3.05, 3.63) is 35.6 Å². The van der Waals surface area contributed by atoms with Crippen LogP contribution in [0.25, 0.3) is 0 Å². The maximum Gasteiger partial charge on any atom is 0.148 e. The number of nitrogens with one attached hydrogen (secondary N) is 1. The van der Waals surface area contributed by atoms with Crippen LogP contribution in [0.2, 0.25) is 0 Å². The van der Waals surface area contributed by atoms with Crippen LogP contribution < -0.4 is 5.32 Å². The number of allylic oxidation sites excluding steroid dienone is 5. The fraction of sp³-hybridized carbons (Fsp3) is 0.333. The first-order valence-corrected chi connectivity index (χ1v) is 3.78. The van der Waals surface area contributed by atoms with Gasteiger partial charge in [0, 0.05) is 13.0 Å². The van der Waals surface area contributed by atoms with Crippen LogP contribution in [0.3, 0.4) is 0 Å². The Morgan fingerprint density at radius 1 is 1.42 bits per heavy atom. The lowest BCUT2D eigenvalue weighted by atomic mass is 10.1. The van der Waals surface area contributed by atoms with Crippen molar-refractivity contribution in [2.24, 2.45) is 5.92 Å². The zero-order valence-corrected chi connectivity index (χ0v) is 7.07. The van der Waals surface area contributed by atoms with Gasteiger partial charge in [-0.15, -0.1) is 0 Å². The van der Waals surface area contributed by atoms with Crippen LogP contribution in [0.5, 0.6) is 0 Å². The van der Waals surface area contributed by atoms with E-state index in [1.807, 2.05) is 0 Å². The van der Waals surface area contributed by atoms with E-state index in [-0.39, 0.29) is 11.6 Å². The van der Waals surface area contributed by atoms with Crippen LogP contribution in [0.15, 0.2) is 35.6 Å². The largest absolute Gasteiger partial charge is 0.384 e. The number of hydrogen-bond donors (Lipinski definition) is 1. The molecule has 0 heterocycles. The molecule has 0 aromatic heterocycles.